The molecule has 0 aliphatic carbocycles. The Bertz CT molecular complexity index is 537. The van der Waals surface area contributed by atoms with Gasteiger partial charge < -0.3 is 5.32 Å². The summed E-state index contributed by atoms with van der Waals surface area (Å²) >= 11 is 0. The molecule has 0 aromatic heterocycles. The number of nitrogens with zero attached hydrogens (tertiary/aromatic N) is 2. The molecule has 0 saturated carbocycles. The molecule has 1 amide bonds. The van der Waals surface area contributed by atoms with Gasteiger partial charge >= 0.3 is 0 Å². The minimum Gasteiger partial charge on any atom is -0.348 e. The molecule has 132 valence electrons. The van der Waals surface area contributed by atoms with Crippen molar-refractivity contribution in [1.29, 1.82) is 0 Å². The molecule has 2 rings (SSSR count). The third-order valence-corrected chi connectivity index (χ3v) is 4.75. The minimum atomic E-state index is 0.00243. The Morgan fingerprint density at radius 1 is 1.21 bits per heavy atom. The first-order valence-electron chi connectivity index (χ1n) is 9.39. The van der Waals surface area contributed by atoms with E-state index in [1.54, 1.807) is 0 Å². The van der Waals surface area contributed by atoms with Gasteiger partial charge in [-0.3, -0.25) is 9.80 Å². The summed E-state index contributed by atoms with van der Waals surface area (Å²) in [6, 6.07) is 10.8. The van der Waals surface area contributed by atoms with Gasteiger partial charge in [0.1, 0.15) is 5.71 Å². The summed E-state index contributed by atoms with van der Waals surface area (Å²) in [6.45, 7) is 7.33. The van der Waals surface area contributed by atoms with E-state index in [4.69, 9.17) is 0 Å². The molecule has 1 heterocycles. The maximum absolute atomic E-state index is 12.6. The predicted molar refractivity (Wildman–Crippen MR) is 100.0 cm³/mol. The van der Waals surface area contributed by atoms with E-state index in [2.05, 4.69) is 60.5 Å². The van der Waals surface area contributed by atoms with Crippen molar-refractivity contribution < 1.29 is 4.79 Å². The lowest BCUT2D eigenvalue weighted by atomic mass is 10.0. The lowest BCUT2D eigenvalue weighted by Crippen LogP contribution is -2.38. The standard InChI is InChI=1S/C20H31N3O/c1-4-7-11-14-23-19(16-12-9-8-10-13-16)15-18(22-23)20(24)21-17(5-2)6-3/h8-10,12-13,17,19H,4-7,11,14-15H2,1-3H3,(H,21,24). The molecule has 4 heteroatoms. The zero-order chi connectivity index (χ0) is 17.4. The third kappa shape index (κ3) is 4.83. The van der Waals surface area contributed by atoms with Crippen LogP contribution in [0.5, 0.6) is 0 Å². The van der Waals surface area contributed by atoms with Gasteiger partial charge in [-0.2, -0.15) is 5.10 Å². The zero-order valence-corrected chi connectivity index (χ0v) is 15.3. The Hall–Kier alpha value is -1.84. The van der Waals surface area contributed by atoms with E-state index in [0.29, 0.717) is 12.1 Å². The van der Waals surface area contributed by atoms with Crippen LogP contribution in [0.2, 0.25) is 0 Å². The van der Waals surface area contributed by atoms with Gasteiger partial charge in [-0.15, -0.1) is 0 Å². The van der Waals surface area contributed by atoms with Gasteiger partial charge in [-0.05, 0) is 24.8 Å². The van der Waals surface area contributed by atoms with Crippen LogP contribution in [0.4, 0.5) is 0 Å². The summed E-state index contributed by atoms with van der Waals surface area (Å²) in [4.78, 5) is 12.6. The van der Waals surface area contributed by atoms with E-state index in [9.17, 15) is 4.79 Å². The van der Waals surface area contributed by atoms with Crippen LogP contribution >= 0.6 is 0 Å². The third-order valence-electron chi connectivity index (χ3n) is 4.75. The first kappa shape index (κ1) is 18.5. The van der Waals surface area contributed by atoms with Crippen LogP contribution in [0.3, 0.4) is 0 Å². The van der Waals surface area contributed by atoms with Crippen molar-refractivity contribution >= 4 is 11.6 Å². The number of hydrogen-bond acceptors (Lipinski definition) is 3. The van der Waals surface area contributed by atoms with Crippen LogP contribution in [-0.2, 0) is 4.79 Å². The summed E-state index contributed by atoms with van der Waals surface area (Å²) in [5, 5.41) is 9.92. The minimum absolute atomic E-state index is 0.00243. The highest BCUT2D eigenvalue weighted by atomic mass is 16.2. The lowest BCUT2D eigenvalue weighted by molar-refractivity contribution is -0.115. The van der Waals surface area contributed by atoms with E-state index in [1.807, 2.05) is 6.07 Å². The normalized spacial score (nSPS) is 17.2. The number of rotatable bonds is 9. The summed E-state index contributed by atoms with van der Waals surface area (Å²) in [5.74, 6) is 0.00243. The molecule has 0 spiro atoms. The lowest BCUT2D eigenvalue weighted by Gasteiger charge is -2.23. The average Bonchev–Trinajstić information content (AvgIpc) is 3.05. The van der Waals surface area contributed by atoms with Crippen LogP contribution in [0.15, 0.2) is 35.4 Å². The molecular formula is C20H31N3O. The molecule has 1 N–H and O–H groups in total. The van der Waals surface area contributed by atoms with Crippen LogP contribution in [0, 0.1) is 0 Å². The fraction of sp³-hybridized carbons (Fsp3) is 0.600. The van der Waals surface area contributed by atoms with Crippen molar-refractivity contribution in [3.63, 3.8) is 0 Å². The highest BCUT2D eigenvalue weighted by Crippen LogP contribution is 2.31. The summed E-state index contributed by atoms with van der Waals surface area (Å²) < 4.78 is 0. The molecule has 1 atom stereocenters. The van der Waals surface area contributed by atoms with Crippen LogP contribution in [0.25, 0.3) is 0 Å². The van der Waals surface area contributed by atoms with Gasteiger partial charge in [0.2, 0.25) is 0 Å². The highest BCUT2D eigenvalue weighted by molar-refractivity contribution is 6.39. The Kier molecular flexibility index (Phi) is 7.29. The fourth-order valence-corrected chi connectivity index (χ4v) is 3.15. The highest BCUT2D eigenvalue weighted by Gasteiger charge is 2.31. The molecule has 1 aromatic rings. The fourth-order valence-electron chi connectivity index (χ4n) is 3.15. The van der Waals surface area contributed by atoms with Crippen molar-refractivity contribution in [3.05, 3.63) is 35.9 Å². The van der Waals surface area contributed by atoms with Gasteiger partial charge in [-0.25, -0.2) is 0 Å². The second-order valence-electron chi connectivity index (χ2n) is 6.53. The first-order chi connectivity index (χ1) is 11.7. The molecule has 0 radical (unpaired) electrons. The zero-order valence-electron chi connectivity index (χ0n) is 15.3. The van der Waals surface area contributed by atoms with Crippen molar-refractivity contribution in [1.82, 2.24) is 10.3 Å². The van der Waals surface area contributed by atoms with Gasteiger partial charge in [0, 0.05) is 19.0 Å². The van der Waals surface area contributed by atoms with Gasteiger partial charge in [0.15, 0.2) is 0 Å². The quantitative estimate of drug-likeness (QED) is 0.687. The van der Waals surface area contributed by atoms with E-state index in [0.717, 1.165) is 25.8 Å². The Morgan fingerprint density at radius 3 is 2.54 bits per heavy atom. The van der Waals surface area contributed by atoms with Crippen LogP contribution in [-0.4, -0.2) is 29.2 Å². The Balaban J connectivity index is 2.09. The second-order valence-corrected chi connectivity index (χ2v) is 6.53. The van der Waals surface area contributed by atoms with E-state index in [-0.39, 0.29) is 18.0 Å². The molecule has 24 heavy (non-hydrogen) atoms. The Labute approximate surface area is 146 Å². The first-order valence-corrected chi connectivity index (χ1v) is 9.39. The topological polar surface area (TPSA) is 44.7 Å². The number of carbonyl (C=O) groups excluding carboxylic acids is 1. The smallest absolute Gasteiger partial charge is 0.267 e. The van der Waals surface area contributed by atoms with Crippen LogP contribution in [0.1, 0.15) is 70.9 Å². The van der Waals surface area contributed by atoms with E-state index < -0.39 is 0 Å². The molecule has 1 aliphatic heterocycles. The Morgan fingerprint density at radius 2 is 1.92 bits per heavy atom. The van der Waals surface area contributed by atoms with Crippen molar-refractivity contribution in [2.75, 3.05) is 6.54 Å². The second kappa shape index (κ2) is 9.45. The number of nitrogens with one attached hydrogen (secondary N) is 1. The number of carbonyl (C=O) groups is 1. The monoisotopic (exact) mass is 329 g/mol. The SMILES string of the molecule is CCCCCN1N=C(C(=O)NC(CC)CC)CC1c1ccccc1. The van der Waals surface area contributed by atoms with Gasteiger partial charge in [0.25, 0.3) is 5.91 Å². The maximum Gasteiger partial charge on any atom is 0.267 e. The van der Waals surface area contributed by atoms with E-state index in [1.165, 1.54) is 18.4 Å². The van der Waals surface area contributed by atoms with Crippen LogP contribution < -0.4 is 5.32 Å². The number of benzene rings is 1. The molecule has 0 saturated heterocycles. The number of amides is 1. The number of unbranched alkanes of at least 4 members (excludes halogenated alkanes) is 2. The van der Waals surface area contributed by atoms with Crippen molar-refractivity contribution in [2.24, 2.45) is 5.10 Å². The predicted octanol–water partition coefficient (Wildman–Crippen LogP) is 4.28. The molecule has 4 nitrogen and oxygen atoms in total. The largest absolute Gasteiger partial charge is 0.348 e. The van der Waals surface area contributed by atoms with Crippen molar-refractivity contribution in [2.45, 2.75) is 71.4 Å². The van der Waals surface area contributed by atoms with Gasteiger partial charge in [-0.1, -0.05) is 63.9 Å². The molecular weight excluding hydrogens is 298 g/mol. The molecule has 0 bridgehead atoms. The molecule has 1 unspecified atom stereocenters. The van der Waals surface area contributed by atoms with E-state index >= 15 is 0 Å². The number of hydrazone groups is 1. The summed E-state index contributed by atoms with van der Waals surface area (Å²) in [7, 11) is 0. The summed E-state index contributed by atoms with van der Waals surface area (Å²) in [6.07, 6.45) is 6.11. The van der Waals surface area contributed by atoms with Gasteiger partial charge in [0.05, 0.1) is 6.04 Å². The summed E-state index contributed by atoms with van der Waals surface area (Å²) in [5.41, 5.74) is 1.91. The average molecular weight is 329 g/mol. The molecule has 1 aliphatic rings. The maximum atomic E-state index is 12.6. The molecule has 1 aromatic carbocycles. The molecule has 0 fully saturated rings. The number of hydrogen-bond donors (Lipinski definition) is 1. The van der Waals surface area contributed by atoms with Crippen molar-refractivity contribution in [3.8, 4) is 0 Å².